The smallest absolute Gasteiger partial charge is 0.226 e. The van der Waals surface area contributed by atoms with Crippen LogP contribution in [0.1, 0.15) is 32.6 Å². The number of amides is 1. The number of rotatable bonds is 2. The molecule has 0 bridgehead atoms. The van der Waals surface area contributed by atoms with Crippen molar-refractivity contribution in [3.8, 4) is 0 Å². The second-order valence-electron chi connectivity index (χ2n) is 6.17. The Bertz CT molecular complexity index is 322. The number of nitrogens with two attached hydrogens (primary N) is 1. The maximum atomic E-state index is 12.6. The molecule has 0 aromatic heterocycles. The van der Waals surface area contributed by atoms with E-state index in [9.17, 15) is 4.79 Å². The van der Waals surface area contributed by atoms with Crippen LogP contribution in [-0.4, -0.2) is 42.6 Å². The number of carbonyl (C=O) groups is 1. The van der Waals surface area contributed by atoms with Crippen LogP contribution in [0.25, 0.3) is 0 Å². The first-order valence-corrected chi connectivity index (χ1v) is 7.34. The molecule has 18 heavy (non-hydrogen) atoms. The van der Waals surface area contributed by atoms with Gasteiger partial charge < -0.3 is 15.4 Å². The SMILES string of the molecule is CC1COC(CN)CN1C(=O)C1C2CCCCC21. The molecule has 3 rings (SSSR count). The van der Waals surface area contributed by atoms with Gasteiger partial charge in [0.15, 0.2) is 0 Å². The predicted octanol–water partition coefficient (Wildman–Crippen LogP) is 0.997. The van der Waals surface area contributed by atoms with Crippen LogP contribution in [0.2, 0.25) is 0 Å². The monoisotopic (exact) mass is 252 g/mol. The molecule has 0 aromatic rings. The van der Waals surface area contributed by atoms with Crippen molar-refractivity contribution in [1.82, 2.24) is 4.90 Å². The van der Waals surface area contributed by atoms with E-state index in [-0.39, 0.29) is 12.1 Å². The molecule has 1 aliphatic heterocycles. The van der Waals surface area contributed by atoms with Gasteiger partial charge in [-0.25, -0.2) is 0 Å². The zero-order chi connectivity index (χ0) is 12.7. The van der Waals surface area contributed by atoms with Crippen LogP contribution < -0.4 is 5.73 Å². The topological polar surface area (TPSA) is 55.6 Å². The van der Waals surface area contributed by atoms with E-state index >= 15 is 0 Å². The number of carbonyl (C=O) groups excluding carboxylic acids is 1. The van der Waals surface area contributed by atoms with Crippen molar-refractivity contribution in [3.63, 3.8) is 0 Å². The zero-order valence-corrected chi connectivity index (χ0v) is 11.2. The molecule has 1 heterocycles. The molecule has 2 saturated carbocycles. The fraction of sp³-hybridized carbons (Fsp3) is 0.929. The van der Waals surface area contributed by atoms with Crippen LogP contribution in [0.4, 0.5) is 0 Å². The Labute approximate surface area is 109 Å². The average molecular weight is 252 g/mol. The predicted molar refractivity (Wildman–Crippen MR) is 68.9 cm³/mol. The second-order valence-corrected chi connectivity index (χ2v) is 6.17. The van der Waals surface area contributed by atoms with E-state index in [0.29, 0.717) is 43.4 Å². The number of ether oxygens (including phenoxy) is 1. The molecule has 1 saturated heterocycles. The molecule has 4 unspecified atom stereocenters. The lowest BCUT2D eigenvalue weighted by Crippen LogP contribution is -2.53. The summed E-state index contributed by atoms with van der Waals surface area (Å²) in [5.41, 5.74) is 5.66. The van der Waals surface area contributed by atoms with Crippen LogP contribution in [0.5, 0.6) is 0 Å². The van der Waals surface area contributed by atoms with Crippen molar-refractivity contribution < 1.29 is 9.53 Å². The van der Waals surface area contributed by atoms with E-state index in [0.717, 1.165) is 0 Å². The molecular weight excluding hydrogens is 228 g/mol. The summed E-state index contributed by atoms with van der Waals surface area (Å²) in [5, 5.41) is 0. The number of hydrogen-bond acceptors (Lipinski definition) is 3. The molecule has 4 heteroatoms. The lowest BCUT2D eigenvalue weighted by atomic mass is 10.0. The molecule has 4 atom stereocenters. The van der Waals surface area contributed by atoms with Gasteiger partial charge in [-0.1, -0.05) is 12.8 Å². The van der Waals surface area contributed by atoms with Gasteiger partial charge in [0.25, 0.3) is 0 Å². The van der Waals surface area contributed by atoms with Gasteiger partial charge in [-0.05, 0) is 31.6 Å². The van der Waals surface area contributed by atoms with E-state index in [2.05, 4.69) is 6.92 Å². The summed E-state index contributed by atoms with van der Waals surface area (Å²) in [5.74, 6) is 2.09. The quantitative estimate of drug-likeness (QED) is 0.797. The van der Waals surface area contributed by atoms with E-state index in [1.165, 1.54) is 25.7 Å². The third-order valence-corrected chi connectivity index (χ3v) is 4.99. The molecule has 1 amide bonds. The van der Waals surface area contributed by atoms with E-state index < -0.39 is 0 Å². The highest BCUT2D eigenvalue weighted by molar-refractivity contribution is 5.82. The highest BCUT2D eigenvalue weighted by Crippen LogP contribution is 2.56. The second kappa shape index (κ2) is 4.82. The van der Waals surface area contributed by atoms with Crippen LogP contribution in [0.15, 0.2) is 0 Å². The normalized spacial score (nSPS) is 43.4. The third-order valence-electron chi connectivity index (χ3n) is 4.99. The van der Waals surface area contributed by atoms with Crippen LogP contribution in [-0.2, 0) is 9.53 Å². The molecule has 2 aliphatic carbocycles. The Hall–Kier alpha value is -0.610. The van der Waals surface area contributed by atoms with Crippen molar-refractivity contribution in [2.24, 2.45) is 23.5 Å². The maximum Gasteiger partial charge on any atom is 0.226 e. The minimum absolute atomic E-state index is 0.0333. The summed E-state index contributed by atoms with van der Waals surface area (Å²) in [7, 11) is 0. The zero-order valence-electron chi connectivity index (χ0n) is 11.2. The molecule has 0 aromatic carbocycles. The van der Waals surface area contributed by atoms with Crippen LogP contribution in [0, 0.1) is 17.8 Å². The van der Waals surface area contributed by atoms with Gasteiger partial charge in [-0.15, -0.1) is 0 Å². The molecule has 3 fully saturated rings. The lowest BCUT2D eigenvalue weighted by Gasteiger charge is -2.38. The highest BCUT2D eigenvalue weighted by Gasteiger charge is 2.56. The molecule has 0 spiro atoms. The molecule has 4 nitrogen and oxygen atoms in total. The maximum absolute atomic E-state index is 12.6. The molecule has 0 radical (unpaired) electrons. The average Bonchev–Trinajstić information content (AvgIpc) is 3.13. The molecule has 2 N–H and O–H groups in total. The summed E-state index contributed by atoms with van der Waals surface area (Å²) in [6, 6.07) is 0.211. The standard InChI is InChI=1S/C14H24N2O2/c1-9-8-18-10(6-15)7-16(9)14(17)13-11-4-2-3-5-12(11)13/h9-13H,2-8,15H2,1H3. The van der Waals surface area contributed by atoms with Gasteiger partial charge in [-0.3, -0.25) is 4.79 Å². The first-order valence-electron chi connectivity index (χ1n) is 7.34. The van der Waals surface area contributed by atoms with Gasteiger partial charge >= 0.3 is 0 Å². The van der Waals surface area contributed by atoms with E-state index in [1.54, 1.807) is 0 Å². The van der Waals surface area contributed by atoms with Gasteiger partial charge in [0.2, 0.25) is 5.91 Å². The summed E-state index contributed by atoms with van der Waals surface area (Å²) in [4.78, 5) is 14.7. The van der Waals surface area contributed by atoms with Crippen LogP contribution in [0.3, 0.4) is 0 Å². The third kappa shape index (κ3) is 2.05. The van der Waals surface area contributed by atoms with E-state index in [1.807, 2.05) is 4.90 Å². The summed E-state index contributed by atoms with van der Waals surface area (Å²) < 4.78 is 5.62. The van der Waals surface area contributed by atoms with Crippen molar-refractivity contribution in [1.29, 1.82) is 0 Å². The van der Waals surface area contributed by atoms with Gasteiger partial charge in [-0.2, -0.15) is 0 Å². The number of fused-ring (bicyclic) bond motifs is 1. The minimum Gasteiger partial charge on any atom is -0.373 e. The highest BCUT2D eigenvalue weighted by atomic mass is 16.5. The molecule has 102 valence electrons. The lowest BCUT2D eigenvalue weighted by molar-refractivity contribution is -0.145. The summed E-state index contributed by atoms with van der Waals surface area (Å²) >= 11 is 0. The van der Waals surface area contributed by atoms with Crippen molar-refractivity contribution in [2.45, 2.75) is 44.8 Å². The number of hydrogen-bond donors (Lipinski definition) is 1. The van der Waals surface area contributed by atoms with Crippen molar-refractivity contribution in [3.05, 3.63) is 0 Å². The summed E-state index contributed by atoms with van der Waals surface area (Å²) in [6.07, 6.45) is 5.19. The van der Waals surface area contributed by atoms with Gasteiger partial charge in [0.1, 0.15) is 0 Å². The van der Waals surface area contributed by atoms with Crippen molar-refractivity contribution in [2.75, 3.05) is 19.7 Å². The minimum atomic E-state index is 0.0333. The Morgan fingerprint density at radius 1 is 1.33 bits per heavy atom. The van der Waals surface area contributed by atoms with Crippen molar-refractivity contribution >= 4 is 5.91 Å². The largest absolute Gasteiger partial charge is 0.373 e. The van der Waals surface area contributed by atoms with Gasteiger partial charge in [0.05, 0.1) is 18.8 Å². The molecule has 3 aliphatic rings. The van der Waals surface area contributed by atoms with Gasteiger partial charge in [0, 0.05) is 19.0 Å². The fourth-order valence-electron chi connectivity index (χ4n) is 3.82. The number of nitrogens with zero attached hydrogens (tertiary/aromatic N) is 1. The summed E-state index contributed by atoms with van der Waals surface area (Å²) in [6.45, 7) is 3.91. The molecular formula is C14H24N2O2. The number of morpholine rings is 1. The Balaban J connectivity index is 1.64. The Kier molecular flexibility index (Phi) is 3.32. The van der Waals surface area contributed by atoms with Crippen LogP contribution >= 0.6 is 0 Å². The Morgan fingerprint density at radius 3 is 2.61 bits per heavy atom. The first-order chi connectivity index (χ1) is 8.72. The fourth-order valence-corrected chi connectivity index (χ4v) is 3.82. The first kappa shape index (κ1) is 12.4. The van der Waals surface area contributed by atoms with E-state index in [4.69, 9.17) is 10.5 Å². The Morgan fingerprint density at radius 2 is 2.00 bits per heavy atom.